The minimum absolute atomic E-state index is 0.616. The van der Waals surface area contributed by atoms with Crippen molar-refractivity contribution in [3.63, 3.8) is 0 Å². The molecule has 1 aromatic carbocycles. The number of benzene rings is 1. The van der Waals surface area contributed by atoms with Gasteiger partial charge in [0.2, 0.25) is 0 Å². The number of hydrogen-bond acceptors (Lipinski definition) is 3. The first-order valence-corrected chi connectivity index (χ1v) is 7.23. The van der Waals surface area contributed by atoms with Crippen LogP contribution in [0.2, 0.25) is 0 Å². The van der Waals surface area contributed by atoms with Crippen LogP contribution in [0.15, 0.2) is 24.3 Å². The van der Waals surface area contributed by atoms with Crippen molar-refractivity contribution in [1.82, 2.24) is 5.32 Å². The van der Waals surface area contributed by atoms with Gasteiger partial charge in [-0.2, -0.15) is 0 Å². The zero-order valence-electron chi connectivity index (χ0n) is 12.0. The van der Waals surface area contributed by atoms with E-state index in [0.29, 0.717) is 25.2 Å². The lowest BCUT2D eigenvalue weighted by atomic mass is 9.81. The third kappa shape index (κ3) is 3.95. The van der Waals surface area contributed by atoms with Crippen LogP contribution in [0, 0.1) is 0 Å². The monoisotopic (exact) mass is 263 g/mol. The van der Waals surface area contributed by atoms with Gasteiger partial charge in [0, 0.05) is 13.2 Å². The molecule has 0 aromatic heterocycles. The minimum atomic E-state index is 0.616. The Morgan fingerprint density at radius 1 is 1.21 bits per heavy atom. The van der Waals surface area contributed by atoms with E-state index < -0.39 is 0 Å². The minimum Gasteiger partial charge on any atom is -0.491 e. The summed E-state index contributed by atoms with van der Waals surface area (Å²) in [7, 11) is 3.77. The molecule has 0 bridgehead atoms. The summed E-state index contributed by atoms with van der Waals surface area (Å²) in [4.78, 5) is 0. The van der Waals surface area contributed by atoms with E-state index in [0.717, 1.165) is 5.75 Å². The average Bonchev–Trinajstić information content (AvgIpc) is 2.48. The fraction of sp³-hybridized carbons (Fsp3) is 0.625. The quantitative estimate of drug-likeness (QED) is 0.800. The molecule has 2 unspecified atom stereocenters. The van der Waals surface area contributed by atoms with Gasteiger partial charge in [-0.25, -0.2) is 0 Å². The number of hydrogen-bond donors (Lipinski definition) is 1. The smallest absolute Gasteiger partial charge is 0.122 e. The molecule has 3 nitrogen and oxygen atoms in total. The lowest BCUT2D eigenvalue weighted by molar-refractivity contribution is 0.145. The molecule has 0 amide bonds. The van der Waals surface area contributed by atoms with Crippen molar-refractivity contribution in [2.75, 3.05) is 27.4 Å². The molecule has 2 rings (SSSR count). The van der Waals surface area contributed by atoms with Crippen LogP contribution in [0.3, 0.4) is 0 Å². The highest BCUT2D eigenvalue weighted by Gasteiger charge is 2.24. The Morgan fingerprint density at radius 3 is 2.84 bits per heavy atom. The summed E-state index contributed by atoms with van der Waals surface area (Å²) in [5.41, 5.74) is 1.36. The predicted molar refractivity (Wildman–Crippen MR) is 77.9 cm³/mol. The molecule has 3 heteroatoms. The van der Waals surface area contributed by atoms with Crippen molar-refractivity contribution in [2.24, 2.45) is 0 Å². The van der Waals surface area contributed by atoms with Crippen LogP contribution >= 0.6 is 0 Å². The second-order valence-electron chi connectivity index (χ2n) is 5.23. The molecule has 0 heterocycles. The van der Waals surface area contributed by atoms with Gasteiger partial charge in [0.1, 0.15) is 12.4 Å². The van der Waals surface area contributed by atoms with Crippen molar-refractivity contribution >= 4 is 0 Å². The molecule has 1 N–H and O–H groups in total. The maximum atomic E-state index is 5.85. The van der Waals surface area contributed by atoms with Crippen molar-refractivity contribution in [3.05, 3.63) is 29.8 Å². The van der Waals surface area contributed by atoms with Crippen LogP contribution in [0.4, 0.5) is 0 Å². The molecule has 19 heavy (non-hydrogen) atoms. The third-order valence-corrected chi connectivity index (χ3v) is 3.99. The molecule has 1 fully saturated rings. The molecular weight excluding hydrogens is 238 g/mol. The molecule has 0 radical (unpaired) electrons. The number of nitrogens with one attached hydrogen (secondary N) is 1. The average molecular weight is 263 g/mol. The summed E-state index contributed by atoms with van der Waals surface area (Å²) in [5.74, 6) is 1.64. The molecule has 106 valence electrons. The normalized spacial score (nSPS) is 23.3. The van der Waals surface area contributed by atoms with Crippen molar-refractivity contribution in [1.29, 1.82) is 0 Å². The standard InChI is InChI=1S/C16H25NO2/c1-17-14-7-5-6-13(12-14)15-8-3-4-9-16(15)19-11-10-18-2/h3-4,8-9,13-14,17H,5-7,10-12H2,1-2H3. The first-order chi connectivity index (χ1) is 9.35. The third-order valence-electron chi connectivity index (χ3n) is 3.99. The fourth-order valence-electron chi connectivity index (χ4n) is 2.92. The number of para-hydroxylation sites is 1. The summed E-state index contributed by atoms with van der Waals surface area (Å²) >= 11 is 0. The molecule has 0 aliphatic heterocycles. The van der Waals surface area contributed by atoms with Crippen LogP contribution in [-0.2, 0) is 4.74 Å². The van der Waals surface area contributed by atoms with Gasteiger partial charge in [-0.15, -0.1) is 0 Å². The lowest BCUT2D eigenvalue weighted by Gasteiger charge is -2.30. The van der Waals surface area contributed by atoms with E-state index in [1.165, 1.54) is 31.2 Å². The SMILES string of the molecule is CNC1CCCC(c2ccccc2OCCOC)C1. The van der Waals surface area contributed by atoms with E-state index >= 15 is 0 Å². The summed E-state index contributed by atoms with van der Waals surface area (Å²) in [6, 6.07) is 9.09. The number of ether oxygens (including phenoxy) is 2. The second kappa shape index (κ2) is 7.51. The zero-order chi connectivity index (χ0) is 13.5. The fourth-order valence-corrected chi connectivity index (χ4v) is 2.92. The predicted octanol–water partition coefficient (Wildman–Crippen LogP) is 2.96. The van der Waals surface area contributed by atoms with Crippen LogP contribution in [0.25, 0.3) is 0 Å². The zero-order valence-corrected chi connectivity index (χ0v) is 12.0. The topological polar surface area (TPSA) is 30.5 Å². The Kier molecular flexibility index (Phi) is 5.67. The lowest BCUT2D eigenvalue weighted by Crippen LogP contribution is -2.30. The van der Waals surface area contributed by atoms with E-state index in [1.807, 2.05) is 6.07 Å². The summed E-state index contributed by atoms with van der Waals surface area (Å²) in [6.45, 7) is 1.26. The second-order valence-corrected chi connectivity index (χ2v) is 5.23. The highest BCUT2D eigenvalue weighted by Crippen LogP contribution is 2.37. The maximum Gasteiger partial charge on any atom is 0.122 e. The van der Waals surface area contributed by atoms with E-state index in [9.17, 15) is 0 Å². The highest BCUT2D eigenvalue weighted by atomic mass is 16.5. The van der Waals surface area contributed by atoms with Crippen molar-refractivity contribution in [3.8, 4) is 5.75 Å². The van der Waals surface area contributed by atoms with Gasteiger partial charge in [0.05, 0.1) is 6.61 Å². The molecule has 0 saturated heterocycles. The van der Waals surface area contributed by atoms with Gasteiger partial charge in [-0.1, -0.05) is 24.6 Å². The van der Waals surface area contributed by atoms with Crippen LogP contribution in [0.1, 0.15) is 37.2 Å². The van der Waals surface area contributed by atoms with Crippen LogP contribution < -0.4 is 10.1 Å². The highest BCUT2D eigenvalue weighted by molar-refractivity contribution is 5.36. The van der Waals surface area contributed by atoms with Gasteiger partial charge >= 0.3 is 0 Å². The first-order valence-electron chi connectivity index (χ1n) is 7.23. The van der Waals surface area contributed by atoms with Crippen molar-refractivity contribution in [2.45, 2.75) is 37.6 Å². The molecule has 1 aliphatic carbocycles. The number of methoxy groups -OCH3 is 1. The Hall–Kier alpha value is -1.06. The molecule has 1 aromatic rings. The van der Waals surface area contributed by atoms with Gasteiger partial charge < -0.3 is 14.8 Å². The van der Waals surface area contributed by atoms with E-state index in [-0.39, 0.29) is 0 Å². The van der Waals surface area contributed by atoms with Gasteiger partial charge in [-0.3, -0.25) is 0 Å². The molecular formula is C16H25NO2. The summed E-state index contributed by atoms with van der Waals surface area (Å²) < 4.78 is 10.9. The number of rotatable bonds is 6. The Morgan fingerprint density at radius 2 is 2.05 bits per heavy atom. The van der Waals surface area contributed by atoms with E-state index in [2.05, 4.69) is 30.6 Å². The summed E-state index contributed by atoms with van der Waals surface area (Å²) in [5, 5.41) is 3.41. The Labute approximate surface area is 116 Å². The molecule has 1 saturated carbocycles. The Bertz CT molecular complexity index is 381. The van der Waals surface area contributed by atoms with Crippen molar-refractivity contribution < 1.29 is 9.47 Å². The first kappa shape index (κ1) is 14.4. The van der Waals surface area contributed by atoms with E-state index in [4.69, 9.17) is 9.47 Å². The molecule has 2 atom stereocenters. The Balaban J connectivity index is 2.05. The van der Waals surface area contributed by atoms with Gasteiger partial charge in [0.25, 0.3) is 0 Å². The van der Waals surface area contributed by atoms with Crippen LogP contribution in [-0.4, -0.2) is 33.4 Å². The largest absolute Gasteiger partial charge is 0.491 e. The molecule has 0 spiro atoms. The summed E-state index contributed by atoms with van der Waals surface area (Å²) in [6.07, 6.45) is 5.06. The van der Waals surface area contributed by atoms with E-state index in [1.54, 1.807) is 7.11 Å². The molecule has 1 aliphatic rings. The van der Waals surface area contributed by atoms with Gasteiger partial charge in [-0.05, 0) is 43.9 Å². The maximum absolute atomic E-state index is 5.85. The van der Waals surface area contributed by atoms with Gasteiger partial charge in [0.15, 0.2) is 0 Å². The van der Waals surface area contributed by atoms with Crippen LogP contribution in [0.5, 0.6) is 5.75 Å².